The van der Waals surface area contributed by atoms with Gasteiger partial charge in [0.1, 0.15) is 5.82 Å². The Labute approximate surface area is 87.3 Å². The van der Waals surface area contributed by atoms with Crippen molar-refractivity contribution in [1.29, 1.82) is 0 Å². The molecule has 1 nitrogen and oxygen atoms in total. The number of benzene rings is 2. The lowest BCUT2D eigenvalue weighted by atomic mass is 9.99. The summed E-state index contributed by atoms with van der Waals surface area (Å²) in [7, 11) is 0. The minimum Gasteiger partial charge on any atom is -0.260 e. The van der Waals surface area contributed by atoms with Crippen LogP contribution in [0, 0.1) is 5.82 Å². The zero-order valence-electron chi connectivity index (χ0n) is 8.20. The molecular weight excluding hydrogens is 189 g/mol. The molecule has 3 rings (SSSR count). The van der Waals surface area contributed by atoms with Crippen LogP contribution in [-0.4, -0.2) is 6.21 Å². The van der Waals surface area contributed by atoms with Crippen molar-refractivity contribution in [3.63, 3.8) is 0 Å². The van der Waals surface area contributed by atoms with Crippen LogP contribution in [0.15, 0.2) is 35.3 Å². The molecule has 0 aliphatic carbocycles. The van der Waals surface area contributed by atoms with Crippen molar-refractivity contribution in [1.82, 2.24) is 0 Å². The van der Waals surface area contributed by atoms with Gasteiger partial charge in [-0.15, -0.1) is 0 Å². The summed E-state index contributed by atoms with van der Waals surface area (Å²) in [6, 6.07) is 9.16. The van der Waals surface area contributed by atoms with Gasteiger partial charge in [0.05, 0.1) is 5.69 Å². The lowest BCUT2D eigenvalue weighted by Gasteiger charge is -2.12. The Morgan fingerprint density at radius 3 is 3.00 bits per heavy atom. The first-order valence-electron chi connectivity index (χ1n) is 5.09. The van der Waals surface area contributed by atoms with E-state index in [0.717, 1.165) is 29.5 Å². The molecular formula is C13H10FN. The second-order valence-electron chi connectivity index (χ2n) is 3.76. The quantitative estimate of drug-likeness (QED) is 0.614. The topological polar surface area (TPSA) is 12.4 Å². The molecule has 0 unspecified atom stereocenters. The normalized spacial score (nSPS) is 14.2. The molecule has 0 atom stereocenters. The molecule has 0 radical (unpaired) electrons. The minimum atomic E-state index is -0.177. The van der Waals surface area contributed by atoms with Crippen LogP contribution < -0.4 is 0 Å². The predicted octanol–water partition coefficient (Wildman–Crippen LogP) is 3.63. The average Bonchev–Trinajstić information content (AvgIpc) is 2.29. The van der Waals surface area contributed by atoms with Gasteiger partial charge in [-0.05, 0) is 29.9 Å². The fourth-order valence-electron chi connectivity index (χ4n) is 2.08. The molecule has 1 aliphatic rings. The summed E-state index contributed by atoms with van der Waals surface area (Å²) in [6.07, 6.45) is 3.78. The molecule has 2 aromatic carbocycles. The van der Waals surface area contributed by atoms with Crippen molar-refractivity contribution in [2.45, 2.75) is 12.8 Å². The Kier molecular flexibility index (Phi) is 1.81. The Morgan fingerprint density at radius 1 is 1.13 bits per heavy atom. The van der Waals surface area contributed by atoms with Crippen LogP contribution in [0.3, 0.4) is 0 Å². The number of hydrogen-bond acceptors (Lipinski definition) is 1. The van der Waals surface area contributed by atoms with Crippen molar-refractivity contribution < 1.29 is 4.39 Å². The fraction of sp³-hybridized carbons (Fsp3) is 0.154. The number of hydrogen-bond donors (Lipinski definition) is 0. The summed E-state index contributed by atoms with van der Waals surface area (Å²) in [5.41, 5.74) is 1.96. The molecule has 0 bridgehead atoms. The van der Waals surface area contributed by atoms with Crippen LogP contribution in [-0.2, 0) is 6.42 Å². The molecule has 0 fully saturated rings. The Hall–Kier alpha value is -1.70. The molecule has 1 heterocycles. The van der Waals surface area contributed by atoms with Crippen LogP contribution in [0.2, 0.25) is 0 Å². The third-order valence-corrected chi connectivity index (χ3v) is 2.81. The molecule has 2 heteroatoms. The van der Waals surface area contributed by atoms with Gasteiger partial charge in [-0.1, -0.05) is 24.3 Å². The van der Waals surface area contributed by atoms with Gasteiger partial charge in [0.15, 0.2) is 0 Å². The molecule has 2 aromatic rings. The maximum atomic E-state index is 13.7. The van der Waals surface area contributed by atoms with E-state index in [0.29, 0.717) is 5.39 Å². The molecule has 0 amide bonds. The lowest BCUT2D eigenvalue weighted by Crippen LogP contribution is -1.95. The van der Waals surface area contributed by atoms with E-state index < -0.39 is 0 Å². The van der Waals surface area contributed by atoms with Gasteiger partial charge >= 0.3 is 0 Å². The minimum absolute atomic E-state index is 0.177. The molecule has 74 valence electrons. The van der Waals surface area contributed by atoms with Gasteiger partial charge in [0, 0.05) is 11.6 Å². The van der Waals surface area contributed by atoms with E-state index in [1.54, 1.807) is 6.07 Å². The fourth-order valence-corrected chi connectivity index (χ4v) is 2.08. The van der Waals surface area contributed by atoms with Crippen LogP contribution in [0.25, 0.3) is 10.8 Å². The maximum absolute atomic E-state index is 13.7. The zero-order valence-corrected chi connectivity index (χ0v) is 8.20. The average molecular weight is 199 g/mol. The molecule has 0 saturated carbocycles. The van der Waals surface area contributed by atoms with E-state index in [9.17, 15) is 4.39 Å². The number of rotatable bonds is 0. The van der Waals surface area contributed by atoms with E-state index >= 15 is 0 Å². The highest BCUT2D eigenvalue weighted by Gasteiger charge is 2.12. The van der Waals surface area contributed by atoms with E-state index in [1.807, 2.05) is 24.4 Å². The zero-order chi connectivity index (χ0) is 10.3. The molecule has 15 heavy (non-hydrogen) atoms. The second kappa shape index (κ2) is 3.16. The molecule has 0 spiro atoms. The number of aryl methyl sites for hydroxylation is 1. The molecule has 0 N–H and O–H groups in total. The highest BCUT2D eigenvalue weighted by Crippen LogP contribution is 2.34. The summed E-state index contributed by atoms with van der Waals surface area (Å²) in [5, 5.41) is 1.58. The molecule has 1 aliphatic heterocycles. The van der Waals surface area contributed by atoms with Gasteiger partial charge in [-0.3, -0.25) is 4.99 Å². The van der Waals surface area contributed by atoms with E-state index in [-0.39, 0.29) is 5.82 Å². The first-order chi connectivity index (χ1) is 7.36. The molecule has 0 aromatic heterocycles. The van der Waals surface area contributed by atoms with Crippen molar-refractivity contribution in [3.8, 4) is 0 Å². The number of halogens is 1. The smallest absolute Gasteiger partial charge is 0.133 e. The van der Waals surface area contributed by atoms with Crippen molar-refractivity contribution in [3.05, 3.63) is 41.7 Å². The van der Waals surface area contributed by atoms with Gasteiger partial charge in [-0.25, -0.2) is 4.39 Å². The van der Waals surface area contributed by atoms with E-state index in [2.05, 4.69) is 4.99 Å². The summed E-state index contributed by atoms with van der Waals surface area (Å²) < 4.78 is 13.7. The van der Waals surface area contributed by atoms with Crippen molar-refractivity contribution in [2.75, 3.05) is 0 Å². The van der Waals surface area contributed by atoms with E-state index in [4.69, 9.17) is 0 Å². The highest BCUT2D eigenvalue weighted by atomic mass is 19.1. The highest BCUT2D eigenvalue weighted by molar-refractivity contribution is 5.96. The standard InChI is InChI=1S/C13H10FN/c14-11-5-1-3-9-6-7-10-4-2-8-15-13(10)12(9)11/h1,3,5-8H,2,4H2. The summed E-state index contributed by atoms with van der Waals surface area (Å²) in [5.74, 6) is -0.177. The predicted molar refractivity (Wildman–Crippen MR) is 60.4 cm³/mol. The van der Waals surface area contributed by atoms with Crippen LogP contribution in [0.5, 0.6) is 0 Å². The Bertz CT molecular complexity index is 558. The van der Waals surface area contributed by atoms with Crippen LogP contribution in [0.4, 0.5) is 10.1 Å². The van der Waals surface area contributed by atoms with Crippen LogP contribution in [0.1, 0.15) is 12.0 Å². The van der Waals surface area contributed by atoms with Gasteiger partial charge in [0.2, 0.25) is 0 Å². The SMILES string of the molecule is Fc1cccc2ccc3c(c12)N=CCC3. The van der Waals surface area contributed by atoms with Crippen LogP contribution >= 0.6 is 0 Å². The third-order valence-electron chi connectivity index (χ3n) is 2.81. The Balaban J connectivity index is 2.46. The van der Waals surface area contributed by atoms with Gasteiger partial charge in [-0.2, -0.15) is 0 Å². The second-order valence-corrected chi connectivity index (χ2v) is 3.76. The maximum Gasteiger partial charge on any atom is 0.133 e. The molecule has 0 saturated heterocycles. The Morgan fingerprint density at radius 2 is 2.07 bits per heavy atom. The third kappa shape index (κ3) is 1.25. The monoisotopic (exact) mass is 199 g/mol. The first-order valence-corrected chi connectivity index (χ1v) is 5.09. The van der Waals surface area contributed by atoms with E-state index in [1.165, 1.54) is 6.07 Å². The van der Waals surface area contributed by atoms with Gasteiger partial charge in [0.25, 0.3) is 0 Å². The number of fused-ring (bicyclic) bond motifs is 3. The van der Waals surface area contributed by atoms with Crippen molar-refractivity contribution in [2.24, 2.45) is 4.99 Å². The lowest BCUT2D eigenvalue weighted by molar-refractivity contribution is 0.640. The summed E-state index contributed by atoms with van der Waals surface area (Å²) in [6.45, 7) is 0. The van der Waals surface area contributed by atoms with Crippen molar-refractivity contribution >= 4 is 22.7 Å². The number of nitrogens with zero attached hydrogens (tertiary/aromatic N) is 1. The van der Waals surface area contributed by atoms with Gasteiger partial charge < -0.3 is 0 Å². The summed E-state index contributed by atoms with van der Waals surface area (Å²) in [4.78, 5) is 4.32. The summed E-state index contributed by atoms with van der Waals surface area (Å²) >= 11 is 0. The number of aliphatic imine (C=N–C) groups is 1. The largest absolute Gasteiger partial charge is 0.260 e. The first kappa shape index (κ1) is 8.60.